The van der Waals surface area contributed by atoms with Crippen LogP contribution in [0.5, 0.6) is 0 Å². The predicted molar refractivity (Wildman–Crippen MR) is 112 cm³/mol. The largest absolute Gasteiger partial charge is 0.361 e. The van der Waals surface area contributed by atoms with Gasteiger partial charge in [0.15, 0.2) is 0 Å². The zero-order valence-corrected chi connectivity index (χ0v) is 16.0. The lowest BCUT2D eigenvalue weighted by Gasteiger charge is -2.12. The highest BCUT2D eigenvalue weighted by Gasteiger charge is 2.18. The van der Waals surface area contributed by atoms with Gasteiger partial charge in [0.05, 0.1) is 17.4 Å². The van der Waals surface area contributed by atoms with Crippen LogP contribution in [0.4, 0.5) is 5.69 Å². The highest BCUT2D eigenvalue weighted by atomic mass is 16.2. The number of carbonyl (C=O) groups excluding carboxylic acids is 1. The first-order chi connectivity index (χ1) is 14.1. The SMILES string of the molecule is CC(C)n1ncnc1C(=O)Nc1cc(-c2cccc3[nH]ccc23)cc2[nH]ncc12. The number of anilines is 1. The van der Waals surface area contributed by atoms with E-state index in [1.54, 1.807) is 10.9 Å². The highest BCUT2D eigenvalue weighted by Crippen LogP contribution is 2.34. The molecule has 0 aliphatic rings. The number of aromatic amines is 2. The molecular weight excluding hydrogens is 366 g/mol. The van der Waals surface area contributed by atoms with Gasteiger partial charge in [-0.1, -0.05) is 12.1 Å². The molecule has 3 heterocycles. The summed E-state index contributed by atoms with van der Waals surface area (Å²) in [4.78, 5) is 20.3. The Morgan fingerprint density at radius 2 is 2.03 bits per heavy atom. The summed E-state index contributed by atoms with van der Waals surface area (Å²) in [5.41, 5.74) is 4.62. The van der Waals surface area contributed by atoms with E-state index in [9.17, 15) is 4.79 Å². The summed E-state index contributed by atoms with van der Waals surface area (Å²) in [5.74, 6) is -0.0366. The summed E-state index contributed by atoms with van der Waals surface area (Å²) >= 11 is 0. The summed E-state index contributed by atoms with van der Waals surface area (Å²) in [6.45, 7) is 3.91. The Hall–Kier alpha value is -3.94. The van der Waals surface area contributed by atoms with Gasteiger partial charge in [-0.15, -0.1) is 0 Å². The molecule has 0 saturated carbocycles. The molecule has 0 spiro atoms. The molecule has 8 nitrogen and oxygen atoms in total. The fraction of sp³-hybridized carbons (Fsp3) is 0.143. The van der Waals surface area contributed by atoms with Crippen LogP contribution in [0.1, 0.15) is 30.5 Å². The second-order valence-electron chi connectivity index (χ2n) is 7.18. The summed E-state index contributed by atoms with van der Waals surface area (Å²) in [6.07, 6.45) is 5.02. The van der Waals surface area contributed by atoms with E-state index in [0.717, 1.165) is 32.9 Å². The molecule has 0 aliphatic carbocycles. The van der Waals surface area contributed by atoms with Gasteiger partial charge in [-0.25, -0.2) is 9.67 Å². The van der Waals surface area contributed by atoms with Crippen molar-refractivity contribution in [3.05, 3.63) is 60.9 Å². The number of H-pyrrole nitrogens is 2. The van der Waals surface area contributed by atoms with E-state index in [-0.39, 0.29) is 17.8 Å². The number of nitrogens with zero attached hydrogens (tertiary/aromatic N) is 4. The maximum atomic E-state index is 12.9. The van der Waals surface area contributed by atoms with Crippen molar-refractivity contribution in [1.82, 2.24) is 29.9 Å². The number of hydrogen-bond donors (Lipinski definition) is 3. The quantitative estimate of drug-likeness (QED) is 0.432. The molecule has 0 radical (unpaired) electrons. The van der Waals surface area contributed by atoms with Gasteiger partial charge in [-0.05, 0) is 49.2 Å². The number of benzene rings is 2. The monoisotopic (exact) mass is 385 g/mol. The molecule has 0 fully saturated rings. The van der Waals surface area contributed by atoms with Crippen LogP contribution < -0.4 is 5.32 Å². The number of nitrogens with one attached hydrogen (secondary N) is 3. The summed E-state index contributed by atoms with van der Waals surface area (Å²) in [5, 5.41) is 16.2. The summed E-state index contributed by atoms with van der Waals surface area (Å²) in [6, 6.07) is 12.2. The topological polar surface area (TPSA) is 104 Å². The third kappa shape index (κ3) is 2.85. The fourth-order valence-electron chi connectivity index (χ4n) is 3.62. The first-order valence-electron chi connectivity index (χ1n) is 9.36. The lowest BCUT2D eigenvalue weighted by atomic mass is 9.99. The molecule has 8 heteroatoms. The molecule has 2 aromatic carbocycles. The number of carbonyl (C=O) groups is 1. The van der Waals surface area contributed by atoms with Crippen molar-refractivity contribution in [2.75, 3.05) is 5.32 Å². The minimum absolute atomic E-state index is 0.0322. The maximum absolute atomic E-state index is 12.9. The van der Waals surface area contributed by atoms with Gasteiger partial charge < -0.3 is 10.3 Å². The number of fused-ring (bicyclic) bond motifs is 2. The van der Waals surface area contributed by atoms with Crippen LogP contribution in [0.25, 0.3) is 32.9 Å². The standard InChI is InChI=1S/C21H19N7O/c1-12(2)28-20(23-11-25-28)21(29)26-18-8-13(9-19-16(18)10-24-27-19)14-4-3-5-17-15(14)6-7-22-17/h3-12,22H,1-2H3,(H,24,27)(H,26,29). The molecule has 1 amide bonds. The number of aromatic nitrogens is 6. The van der Waals surface area contributed by atoms with Gasteiger partial charge in [-0.3, -0.25) is 9.89 Å². The predicted octanol–water partition coefficient (Wildman–Crippen LogP) is 4.14. The van der Waals surface area contributed by atoms with E-state index in [1.165, 1.54) is 6.33 Å². The van der Waals surface area contributed by atoms with E-state index in [2.05, 4.69) is 36.6 Å². The van der Waals surface area contributed by atoms with Crippen LogP contribution in [0.3, 0.4) is 0 Å². The third-order valence-corrected chi connectivity index (χ3v) is 4.98. The first-order valence-corrected chi connectivity index (χ1v) is 9.36. The first kappa shape index (κ1) is 17.2. The minimum atomic E-state index is -0.310. The molecule has 3 N–H and O–H groups in total. The van der Waals surface area contributed by atoms with Crippen LogP contribution in [0, 0.1) is 0 Å². The molecular formula is C21H19N7O. The van der Waals surface area contributed by atoms with E-state index in [1.807, 2.05) is 50.4 Å². The zero-order valence-electron chi connectivity index (χ0n) is 16.0. The van der Waals surface area contributed by atoms with Crippen molar-refractivity contribution in [3.8, 4) is 11.1 Å². The molecule has 5 aromatic rings. The van der Waals surface area contributed by atoms with E-state index in [0.29, 0.717) is 5.69 Å². The molecule has 0 bridgehead atoms. The number of amides is 1. The van der Waals surface area contributed by atoms with Crippen molar-refractivity contribution in [2.45, 2.75) is 19.9 Å². The van der Waals surface area contributed by atoms with Gasteiger partial charge in [0.1, 0.15) is 6.33 Å². The molecule has 0 unspecified atom stereocenters. The molecule has 0 aliphatic heterocycles. The molecule has 3 aromatic heterocycles. The molecule has 0 saturated heterocycles. The van der Waals surface area contributed by atoms with Crippen LogP contribution in [-0.4, -0.2) is 35.9 Å². The summed E-state index contributed by atoms with van der Waals surface area (Å²) < 4.78 is 1.60. The Balaban J connectivity index is 1.61. The van der Waals surface area contributed by atoms with E-state index >= 15 is 0 Å². The Morgan fingerprint density at radius 1 is 1.14 bits per heavy atom. The Morgan fingerprint density at radius 3 is 2.90 bits per heavy atom. The normalized spacial score (nSPS) is 11.6. The van der Waals surface area contributed by atoms with Crippen LogP contribution in [0.2, 0.25) is 0 Å². The summed E-state index contributed by atoms with van der Waals surface area (Å²) in [7, 11) is 0. The van der Waals surface area contributed by atoms with Crippen LogP contribution in [0.15, 0.2) is 55.1 Å². The average molecular weight is 385 g/mol. The van der Waals surface area contributed by atoms with Crippen LogP contribution in [-0.2, 0) is 0 Å². The lowest BCUT2D eigenvalue weighted by molar-refractivity contribution is 0.101. The molecule has 144 valence electrons. The maximum Gasteiger partial charge on any atom is 0.293 e. The van der Waals surface area contributed by atoms with Crippen molar-refractivity contribution in [1.29, 1.82) is 0 Å². The average Bonchev–Trinajstić information content (AvgIpc) is 3.46. The van der Waals surface area contributed by atoms with E-state index in [4.69, 9.17) is 0 Å². The Kier molecular flexibility index (Phi) is 3.90. The number of rotatable bonds is 4. The Bertz CT molecular complexity index is 1340. The second kappa shape index (κ2) is 6.59. The third-order valence-electron chi connectivity index (χ3n) is 4.98. The Labute approximate surface area is 166 Å². The van der Waals surface area contributed by atoms with Gasteiger partial charge in [-0.2, -0.15) is 10.2 Å². The van der Waals surface area contributed by atoms with Crippen molar-refractivity contribution < 1.29 is 4.79 Å². The van der Waals surface area contributed by atoms with Gasteiger partial charge in [0.25, 0.3) is 5.91 Å². The smallest absolute Gasteiger partial charge is 0.293 e. The fourth-order valence-corrected chi connectivity index (χ4v) is 3.62. The zero-order chi connectivity index (χ0) is 20.0. The molecule has 29 heavy (non-hydrogen) atoms. The molecule has 5 rings (SSSR count). The second-order valence-corrected chi connectivity index (χ2v) is 7.18. The van der Waals surface area contributed by atoms with Crippen molar-refractivity contribution in [3.63, 3.8) is 0 Å². The number of hydrogen-bond acceptors (Lipinski definition) is 4. The van der Waals surface area contributed by atoms with Crippen molar-refractivity contribution >= 4 is 33.4 Å². The van der Waals surface area contributed by atoms with Gasteiger partial charge >= 0.3 is 0 Å². The molecule has 0 atom stereocenters. The van der Waals surface area contributed by atoms with Gasteiger partial charge in [0.2, 0.25) is 5.82 Å². The highest BCUT2D eigenvalue weighted by molar-refractivity contribution is 6.09. The van der Waals surface area contributed by atoms with E-state index < -0.39 is 0 Å². The van der Waals surface area contributed by atoms with Crippen molar-refractivity contribution in [2.24, 2.45) is 0 Å². The lowest BCUT2D eigenvalue weighted by Crippen LogP contribution is -2.20. The minimum Gasteiger partial charge on any atom is -0.361 e. The van der Waals surface area contributed by atoms with Crippen LogP contribution >= 0.6 is 0 Å². The van der Waals surface area contributed by atoms with Gasteiger partial charge in [0, 0.05) is 28.5 Å².